The molecule has 0 aliphatic heterocycles. The summed E-state index contributed by atoms with van der Waals surface area (Å²) in [6.45, 7) is 5.90. The van der Waals surface area contributed by atoms with Crippen molar-refractivity contribution in [3.05, 3.63) is 95.1 Å². The fourth-order valence-corrected chi connectivity index (χ4v) is 4.28. The van der Waals surface area contributed by atoms with Gasteiger partial charge in [0.1, 0.15) is 0 Å². The lowest BCUT2D eigenvalue weighted by atomic mass is 10.0. The van der Waals surface area contributed by atoms with Crippen LogP contribution >= 0.6 is 0 Å². The van der Waals surface area contributed by atoms with Gasteiger partial charge in [-0.15, -0.1) is 0 Å². The molecule has 0 bridgehead atoms. The molecule has 0 radical (unpaired) electrons. The van der Waals surface area contributed by atoms with Crippen molar-refractivity contribution in [2.24, 2.45) is 0 Å². The second-order valence-corrected chi connectivity index (χ2v) is 9.03. The van der Waals surface area contributed by atoms with E-state index in [0.29, 0.717) is 11.3 Å². The molecule has 6 heteroatoms. The van der Waals surface area contributed by atoms with Crippen LogP contribution in [0.2, 0.25) is 0 Å². The van der Waals surface area contributed by atoms with E-state index >= 15 is 0 Å². The number of carbonyl (C=O) groups excluding carboxylic acids is 1. The first kappa shape index (κ1) is 21.6. The Labute approximate surface area is 178 Å². The molecular weight excluding hydrogens is 396 g/mol. The molecule has 5 nitrogen and oxygen atoms in total. The van der Waals surface area contributed by atoms with E-state index < -0.39 is 10.0 Å². The Morgan fingerprint density at radius 2 is 1.60 bits per heavy atom. The number of rotatable bonds is 7. The van der Waals surface area contributed by atoms with Crippen molar-refractivity contribution >= 4 is 21.6 Å². The normalized spacial score (nSPS) is 12.2. The van der Waals surface area contributed by atoms with Gasteiger partial charge in [-0.3, -0.25) is 9.52 Å². The van der Waals surface area contributed by atoms with E-state index in [9.17, 15) is 13.2 Å². The zero-order valence-electron chi connectivity index (χ0n) is 17.3. The van der Waals surface area contributed by atoms with Crippen LogP contribution in [0.4, 0.5) is 5.69 Å². The van der Waals surface area contributed by atoms with Crippen LogP contribution in [0, 0.1) is 13.8 Å². The lowest BCUT2D eigenvalue weighted by Crippen LogP contribution is -2.28. The zero-order valence-corrected chi connectivity index (χ0v) is 18.2. The quantitative estimate of drug-likeness (QED) is 0.563. The molecule has 0 aliphatic rings. The number of hydrogen-bond donors (Lipinski definition) is 2. The van der Waals surface area contributed by atoms with Crippen LogP contribution in [0.5, 0.6) is 0 Å². The highest BCUT2D eigenvalue weighted by molar-refractivity contribution is 7.92. The van der Waals surface area contributed by atoms with Gasteiger partial charge in [0.2, 0.25) is 0 Å². The summed E-state index contributed by atoms with van der Waals surface area (Å²) < 4.78 is 28.1. The molecule has 1 amide bonds. The van der Waals surface area contributed by atoms with Crippen LogP contribution in [-0.2, 0) is 10.0 Å². The van der Waals surface area contributed by atoms with Gasteiger partial charge in [-0.1, -0.05) is 55.0 Å². The molecule has 0 saturated heterocycles. The molecule has 0 heterocycles. The van der Waals surface area contributed by atoms with Crippen molar-refractivity contribution in [1.82, 2.24) is 5.32 Å². The highest BCUT2D eigenvalue weighted by Gasteiger charge is 2.18. The molecule has 3 rings (SSSR count). The van der Waals surface area contributed by atoms with E-state index in [-0.39, 0.29) is 16.8 Å². The van der Waals surface area contributed by atoms with Gasteiger partial charge in [0.25, 0.3) is 15.9 Å². The Balaban J connectivity index is 1.79. The van der Waals surface area contributed by atoms with Crippen LogP contribution in [0.15, 0.2) is 77.7 Å². The minimum absolute atomic E-state index is 0.0417. The first-order chi connectivity index (χ1) is 14.3. The Morgan fingerprint density at radius 3 is 2.27 bits per heavy atom. The number of anilines is 1. The molecule has 1 atom stereocenters. The molecule has 0 fully saturated rings. The Morgan fingerprint density at radius 1 is 0.900 bits per heavy atom. The highest BCUT2D eigenvalue weighted by atomic mass is 32.2. The molecule has 2 N–H and O–H groups in total. The van der Waals surface area contributed by atoms with E-state index in [1.54, 1.807) is 30.3 Å². The molecule has 3 aromatic rings. The van der Waals surface area contributed by atoms with Gasteiger partial charge in [-0.25, -0.2) is 8.42 Å². The van der Waals surface area contributed by atoms with Gasteiger partial charge in [0.15, 0.2) is 0 Å². The molecule has 0 aromatic heterocycles. The lowest BCUT2D eigenvalue weighted by molar-refractivity contribution is 0.0935. The maximum atomic E-state index is 12.8. The summed E-state index contributed by atoms with van der Waals surface area (Å²) >= 11 is 0. The molecule has 0 aliphatic carbocycles. The second-order valence-electron chi connectivity index (χ2n) is 7.35. The van der Waals surface area contributed by atoms with Crippen LogP contribution in [0.25, 0.3) is 0 Å². The largest absolute Gasteiger partial charge is 0.345 e. The topological polar surface area (TPSA) is 75.3 Å². The molecule has 3 aromatic carbocycles. The Bertz CT molecular complexity index is 1140. The summed E-state index contributed by atoms with van der Waals surface area (Å²) in [5, 5.41) is 3.00. The van der Waals surface area contributed by atoms with E-state index in [0.717, 1.165) is 23.1 Å². The predicted molar refractivity (Wildman–Crippen MR) is 120 cm³/mol. The summed E-state index contributed by atoms with van der Waals surface area (Å²) in [7, 11) is -3.81. The average Bonchev–Trinajstić information content (AvgIpc) is 2.72. The lowest BCUT2D eigenvalue weighted by Gasteiger charge is -2.18. The van der Waals surface area contributed by atoms with Crippen molar-refractivity contribution in [2.75, 3.05) is 4.72 Å². The number of amides is 1. The third-order valence-electron chi connectivity index (χ3n) is 4.87. The van der Waals surface area contributed by atoms with Gasteiger partial charge in [-0.2, -0.15) is 0 Å². The standard InChI is InChI=1S/C24H26N2O3S/c1-4-23(19-13-11-17(2)12-14-19)25-24(27)20-8-6-10-22(16-20)30(28,29)26-21-9-5-7-18(3)15-21/h5-16,23,26H,4H2,1-3H3,(H,25,27)/t23-/m0/s1. The molecule has 0 spiro atoms. The minimum Gasteiger partial charge on any atom is -0.345 e. The number of nitrogens with one attached hydrogen (secondary N) is 2. The molecular formula is C24H26N2O3S. The van der Waals surface area contributed by atoms with E-state index in [1.807, 2.05) is 51.1 Å². The maximum absolute atomic E-state index is 12.8. The smallest absolute Gasteiger partial charge is 0.261 e. The first-order valence-electron chi connectivity index (χ1n) is 9.85. The fourth-order valence-electron chi connectivity index (χ4n) is 3.19. The number of aryl methyl sites for hydroxylation is 2. The van der Waals surface area contributed by atoms with Gasteiger partial charge < -0.3 is 5.32 Å². The summed E-state index contributed by atoms with van der Waals surface area (Å²) in [5.74, 6) is -0.310. The summed E-state index contributed by atoms with van der Waals surface area (Å²) in [6, 6.07) is 21.0. The molecule has 30 heavy (non-hydrogen) atoms. The number of benzene rings is 3. The van der Waals surface area contributed by atoms with E-state index in [4.69, 9.17) is 0 Å². The Kier molecular flexibility index (Phi) is 6.57. The number of sulfonamides is 1. The van der Waals surface area contributed by atoms with Crippen molar-refractivity contribution in [1.29, 1.82) is 0 Å². The second kappa shape index (κ2) is 9.13. The molecule has 0 unspecified atom stereocenters. The highest BCUT2D eigenvalue weighted by Crippen LogP contribution is 2.20. The average molecular weight is 423 g/mol. The van der Waals surface area contributed by atoms with Crippen molar-refractivity contribution in [3.63, 3.8) is 0 Å². The van der Waals surface area contributed by atoms with Gasteiger partial charge in [-0.05, 0) is 61.7 Å². The molecule has 156 valence electrons. The van der Waals surface area contributed by atoms with Gasteiger partial charge >= 0.3 is 0 Å². The van der Waals surface area contributed by atoms with Crippen LogP contribution in [0.1, 0.15) is 46.4 Å². The minimum atomic E-state index is -3.81. The predicted octanol–water partition coefficient (Wildman–Crippen LogP) is 4.99. The summed E-state index contributed by atoms with van der Waals surface area (Å²) in [4.78, 5) is 12.9. The fraction of sp³-hybridized carbons (Fsp3) is 0.208. The zero-order chi connectivity index (χ0) is 21.7. The Hall–Kier alpha value is -3.12. The van der Waals surface area contributed by atoms with Crippen molar-refractivity contribution < 1.29 is 13.2 Å². The maximum Gasteiger partial charge on any atom is 0.261 e. The number of hydrogen-bond acceptors (Lipinski definition) is 3. The molecule has 0 saturated carbocycles. The van der Waals surface area contributed by atoms with Crippen molar-refractivity contribution in [2.45, 2.75) is 38.1 Å². The van der Waals surface area contributed by atoms with Crippen LogP contribution in [-0.4, -0.2) is 14.3 Å². The third-order valence-corrected chi connectivity index (χ3v) is 6.25. The monoisotopic (exact) mass is 422 g/mol. The number of carbonyl (C=O) groups is 1. The first-order valence-corrected chi connectivity index (χ1v) is 11.3. The third kappa shape index (κ3) is 5.27. The van der Waals surface area contributed by atoms with Crippen LogP contribution in [0.3, 0.4) is 0 Å². The SMILES string of the molecule is CC[C@H](NC(=O)c1cccc(S(=O)(=O)Nc2cccc(C)c2)c1)c1ccc(C)cc1. The van der Waals surface area contributed by atoms with Gasteiger partial charge in [0, 0.05) is 11.3 Å². The van der Waals surface area contributed by atoms with Crippen molar-refractivity contribution in [3.8, 4) is 0 Å². The van der Waals surface area contributed by atoms with Gasteiger partial charge in [0.05, 0.1) is 10.9 Å². The van der Waals surface area contributed by atoms with E-state index in [1.165, 1.54) is 12.1 Å². The summed E-state index contributed by atoms with van der Waals surface area (Å²) in [6.07, 6.45) is 0.724. The summed E-state index contributed by atoms with van der Waals surface area (Å²) in [5.41, 5.74) is 3.90. The van der Waals surface area contributed by atoms with E-state index in [2.05, 4.69) is 10.0 Å². The van der Waals surface area contributed by atoms with Crippen LogP contribution < -0.4 is 10.0 Å².